The summed E-state index contributed by atoms with van der Waals surface area (Å²) in [6.07, 6.45) is 0. The summed E-state index contributed by atoms with van der Waals surface area (Å²) >= 11 is 0. The van der Waals surface area contributed by atoms with Gasteiger partial charge in [0.2, 0.25) is 0 Å². The second kappa shape index (κ2) is 13.9. The predicted octanol–water partition coefficient (Wildman–Crippen LogP) is 14.5. The molecule has 0 radical (unpaired) electrons. The highest BCUT2D eigenvalue weighted by Gasteiger charge is 2.51. The van der Waals surface area contributed by atoms with Crippen molar-refractivity contribution >= 4 is 21.8 Å². The van der Waals surface area contributed by atoms with Gasteiger partial charge < -0.3 is 4.57 Å². The summed E-state index contributed by atoms with van der Waals surface area (Å²) < 4.78 is 2.50. The number of benzene rings is 9. The Morgan fingerprint density at radius 2 is 0.984 bits per heavy atom. The van der Waals surface area contributed by atoms with Crippen molar-refractivity contribution in [1.82, 2.24) is 14.5 Å². The Hall–Kier alpha value is -8.65. The minimum absolute atomic E-state index is 0.531. The van der Waals surface area contributed by atoms with Crippen molar-refractivity contribution in [2.75, 3.05) is 0 Å². The SMILES string of the molecule is N#Cc1cccc(-c2cccc(-c3nc(-c4ccccc4)cc(-c4cccc(-c5cccc6c5-c5ccccc5C65c6ccccc6-n6c7ccccc7c7cccc5c76)c4)n3)c2)c1. The van der Waals surface area contributed by atoms with Gasteiger partial charge in [0.15, 0.2) is 5.82 Å². The highest BCUT2D eigenvalue weighted by Crippen LogP contribution is 2.62. The molecule has 296 valence electrons. The highest BCUT2D eigenvalue weighted by atomic mass is 15.0. The van der Waals surface area contributed by atoms with E-state index in [1.165, 1.54) is 66.4 Å². The topological polar surface area (TPSA) is 54.5 Å². The van der Waals surface area contributed by atoms with Crippen molar-refractivity contribution in [2.45, 2.75) is 5.41 Å². The lowest BCUT2D eigenvalue weighted by Gasteiger charge is -2.39. The molecule has 1 atom stereocenters. The number of rotatable bonds is 5. The third-order valence-electron chi connectivity index (χ3n) is 13.4. The van der Waals surface area contributed by atoms with Crippen molar-refractivity contribution < 1.29 is 0 Å². The summed E-state index contributed by atoms with van der Waals surface area (Å²) in [4.78, 5) is 10.5. The monoisotopic (exact) mass is 812 g/mol. The predicted molar refractivity (Wildman–Crippen MR) is 259 cm³/mol. The summed E-state index contributed by atoms with van der Waals surface area (Å²) in [5.41, 5.74) is 20.4. The van der Waals surface area contributed by atoms with Crippen molar-refractivity contribution in [3.63, 3.8) is 0 Å². The first kappa shape index (κ1) is 36.0. The second-order valence-corrected chi connectivity index (χ2v) is 16.8. The number of fused-ring (bicyclic) bond motifs is 12. The van der Waals surface area contributed by atoms with Crippen LogP contribution in [0.1, 0.15) is 27.8 Å². The molecule has 0 bridgehead atoms. The standard InChI is InChI=1S/C60H36N4/c61-37-38-15-10-18-40(33-38)41-19-11-22-44(34-41)59-62-53(39-16-2-1-3-17-39)36-54(63-59)43-21-12-20-42(35-43)45-25-13-29-51-57(45)48-24-4-6-27-49(48)60(51)50-28-7-9-32-56(50)64-55-31-8-5-23-46(55)47-26-14-30-52(60)58(47)64/h1-36H. The second-order valence-electron chi connectivity index (χ2n) is 16.8. The summed E-state index contributed by atoms with van der Waals surface area (Å²) in [5, 5.41) is 12.1. The summed E-state index contributed by atoms with van der Waals surface area (Å²) in [5.74, 6) is 0.638. The Bertz CT molecular complexity index is 3760. The molecule has 1 spiro atoms. The van der Waals surface area contributed by atoms with Crippen molar-refractivity contribution in [3.8, 4) is 79.0 Å². The number of nitrogens with zero attached hydrogens (tertiary/aromatic N) is 4. The fraction of sp³-hybridized carbons (Fsp3) is 0.0167. The van der Waals surface area contributed by atoms with E-state index in [1.54, 1.807) is 0 Å². The first-order chi connectivity index (χ1) is 31.7. The van der Waals surface area contributed by atoms with E-state index in [9.17, 15) is 5.26 Å². The zero-order chi connectivity index (χ0) is 42.4. The lowest BCUT2D eigenvalue weighted by molar-refractivity contribution is 0.748. The molecule has 0 N–H and O–H groups in total. The largest absolute Gasteiger partial charge is 0.309 e. The lowest BCUT2D eigenvalue weighted by Crippen LogP contribution is -2.33. The van der Waals surface area contributed by atoms with Crippen LogP contribution < -0.4 is 0 Å². The van der Waals surface area contributed by atoms with Gasteiger partial charge in [0.05, 0.1) is 45.2 Å². The van der Waals surface area contributed by atoms with Gasteiger partial charge in [-0.1, -0.05) is 176 Å². The highest BCUT2D eigenvalue weighted by molar-refractivity contribution is 6.13. The van der Waals surface area contributed by atoms with Crippen molar-refractivity contribution in [2.24, 2.45) is 0 Å². The van der Waals surface area contributed by atoms with Crippen LogP contribution in [-0.2, 0) is 5.41 Å². The maximum absolute atomic E-state index is 9.61. The van der Waals surface area contributed by atoms with E-state index in [0.29, 0.717) is 11.4 Å². The molecule has 0 amide bonds. The third-order valence-corrected chi connectivity index (χ3v) is 13.4. The molecule has 64 heavy (non-hydrogen) atoms. The van der Waals surface area contributed by atoms with Crippen LogP contribution in [0.25, 0.3) is 94.8 Å². The van der Waals surface area contributed by atoms with E-state index in [4.69, 9.17) is 9.97 Å². The van der Waals surface area contributed by atoms with E-state index in [1.807, 2.05) is 48.5 Å². The van der Waals surface area contributed by atoms with Gasteiger partial charge in [-0.2, -0.15) is 5.26 Å². The zero-order valence-corrected chi connectivity index (χ0v) is 34.6. The molecule has 4 heteroatoms. The van der Waals surface area contributed by atoms with Crippen LogP contribution in [0.5, 0.6) is 0 Å². The van der Waals surface area contributed by atoms with Crippen LogP contribution in [0.4, 0.5) is 0 Å². The molecule has 0 fully saturated rings. The molecule has 2 aliphatic rings. The summed E-state index contributed by atoms with van der Waals surface area (Å²) in [7, 11) is 0. The molecule has 0 saturated carbocycles. The number of hydrogen-bond donors (Lipinski definition) is 0. The van der Waals surface area contributed by atoms with Gasteiger partial charge >= 0.3 is 0 Å². The lowest BCUT2D eigenvalue weighted by atomic mass is 9.65. The van der Waals surface area contributed by atoms with Crippen LogP contribution in [0.2, 0.25) is 0 Å². The van der Waals surface area contributed by atoms with Gasteiger partial charge in [-0.3, -0.25) is 0 Å². The zero-order valence-electron chi connectivity index (χ0n) is 34.6. The van der Waals surface area contributed by atoms with E-state index >= 15 is 0 Å². The fourth-order valence-electron chi connectivity index (χ4n) is 10.8. The van der Waals surface area contributed by atoms with Crippen LogP contribution in [0.15, 0.2) is 218 Å². The minimum atomic E-state index is -0.531. The van der Waals surface area contributed by atoms with Gasteiger partial charge in [0.25, 0.3) is 0 Å². The molecule has 1 unspecified atom stereocenters. The van der Waals surface area contributed by atoms with E-state index < -0.39 is 5.41 Å². The maximum atomic E-state index is 9.61. The first-order valence-electron chi connectivity index (χ1n) is 21.7. The molecule has 13 rings (SSSR count). The molecule has 1 aliphatic carbocycles. The molecule has 2 aromatic heterocycles. The molecule has 1 aliphatic heterocycles. The average Bonchev–Trinajstić information content (AvgIpc) is 3.87. The smallest absolute Gasteiger partial charge is 0.160 e. The van der Waals surface area contributed by atoms with Gasteiger partial charge in [-0.25, -0.2) is 9.97 Å². The molecule has 0 saturated heterocycles. The Morgan fingerprint density at radius 1 is 0.406 bits per heavy atom. The Balaban J connectivity index is 1.01. The summed E-state index contributed by atoms with van der Waals surface area (Å²) in [6.45, 7) is 0. The van der Waals surface area contributed by atoms with Crippen LogP contribution in [-0.4, -0.2) is 14.5 Å². The average molecular weight is 813 g/mol. The fourth-order valence-corrected chi connectivity index (χ4v) is 10.8. The van der Waals surface area contributed by atoms with Crippen LogP contribution >= 0.6 is 0 Å². The number of hydrogen-bond acceptors (Lipinski definition) is 3. The molecule has 9 aromatic carbocycles. The van der Waals surface area contributed by atoms with Gasteiger partial charge in [-0.05, 0) is 98.1 Å². The molecule has 11 aromatic rings. The van der Waals surface area contributed by atoms with Crippen molar-refractivity contribution in [1.29, 1.82) is 5.26 Å². The normalized spacial score (nSPS) is 14.3. The number of nitriles is 1. The van der Waals surface area contributed by atoms with E-state index in [-0.39, 0.29) is 0 Å². The van der Waals surface area contributed by atoms with E-state index in [0.717, 1.165) is 44.8 Å². The Morgan fingerprint density at radius 3 is 1.86 bits per heavy atom. The molecule has 3 heterocycles. The molecular formula is C60H36N4. The number of para-hydroxylation sites is 3. The minimum Gasteiger partial charge on any atom is -0.309 e. The molecule has 4 nitrogen and oxygen atoms in total. The maximum Gasteiger partial charge on any atom is 0.160 e. The van der Waals surface area contributed by atoms with Gasteiger partial charge in [0, 0.05) is 27.5 Å². The Kier molecular flexibility index (Phi) is 7.85. The number of aromatic nitrogens is 3. The first-order valence-corrected chi connectivity index (χ1v) is 21.7. The van der Waals surface area contributed by atoms with Gasteiger partial charge in [-0.15, -0.1) is 0 Å². The van der Waals surface area contributed by atoms with E-state index in [2.05, 4.69) is 180 Å². The van der Waals surface area contributed by atoms with Gasteiger partial charge in [0.1, 0.15) is 0 Å². The summed E-state index contributed by atoms with van der Waals surface area (Å²) in [6, 6.07) is 80.2. The quantitative estimate of drug-likeness (QED) is 0.174. The van der Waals surface area contributed by atoms with Crippen LogP contribution in [0.3, 0.4) is 0 Å². The Labute approximate surface area is 370 Å². The van der Waals surface area contributed by atoms with Crippen molar-refractivity contribution in [3.05, 3.63) is 246 Å². The van der Waals surface area contributed by atoms with Crippen LogP contribution in [0, 0.1) is 11.3 Å². The molecular weight excluding hydrogens is 777 g/mol. The third kappa shape index (κ3) is 5.16.